The summed E-state index contributed by atoms with van der Waals surface area (Å²) in [5.41, 5.74) is 6.40. The molecule has 0 radical (unpaired) electrons. The number of halogens is 1. The molecule has 0 aliphatic carbocycles. The Bertz CT molecular complexity index is 569. The van der Waals surface area contributed by atoms with Crippen molar-refractivity contribution in [3.05, 3.63) is 64.2 Å². The molecular formula is C16H19ClN2O. The lowest BCUT2D eigenvalue weighted by Gasteiger charge is -2.19. The Balaban J connectivity index is 2.21. The van der Waals surface area contributed by atoms with Gasteiger partial charge in [-0.25, -0.2) is 0 Å². The Morgan fingerprint density at radius 3 is 2.45 bits per heavy atom. The zero-order valence-electron chi connectivity index (χ0n) is 11.7. The summed E-state index contributed by atoms with van der Waals surface area (Å²) in [6.45, 7) is 2.06. The van der Waals surface area contributed by atoms with Gasteiger partial charge in [0, 0.05) is 5.02 Å². The summed E-state index contributed by atoms with van der Waals surface area (Å²) in [4.78, 5) is 0. The van der Waals surface area contributed by atoms with Crippen molar-refractivity contribution in [2.75, 3.05) is 7.11 Å². The number of nitrogens with one attached hydrogen (secondary N) is 1. The normalized spacial score (nSPS) is 12.2. The van der Waals surface area contributed by atoms with Gasteiger partial charge >= 0.3 is 0 Å². The monoisotopic (exact) mass is 290 g/mol. The molecule has 1 unspecified atom stereocenters. The highest BCUT2D eigenvalue weighted by Crippen LogP contribution is 2.25. The third-order valence-corrected chi connectivity index (χ3v) is 3.66. The van der Waals surface area contributed by atoms with Crippen molar-refractivity contribution in [1.29, 1.82) is 0 Å². The lowest BCUT2D eigenvalue weighted by Crippen LogP contribution is -2.30. The van der Waals surface area contributed by atoms with E-state index in [1.165, 1.54) is 11.1 Å². The predicted molar refractivity (Wildman–Crippen MR) is 83.0 cm³/mol. The molecule has 0 amide bonds. The largest absolute Gasteiger partial charge is 0.497 e. The van der Waals surface area contributed by atoms with Crippen molar-refractivity contribution in [2.45, 2.75) is 19.4 Å². The van der Waals surface area contributed by atoms with Crippen molar-refractivity contribution in [1.82, 2.24) is 5.43 Å². The first kappa shape index (κ1) is 14.9. The third-order valence-electron chi connectivity index (χ3n) is 3.41. The Morgan fingerprint density at radius 1 is 1.20 bits per heavy atom. The van der Waals surface area contributed by atoms with Crippen LogP contribution in [0.1, 0.15) is 22.7 Å². The molecule has 0 heterocycles. The Hall–Kier alpha value is -1.55. The van der Waals surface area contributed by atoms with Crippen LogP contribution in [0.25, 0.3) is 0 Å². The third kappa shape index (κ3) is 3.51. The number of methoxy groups -OCH3 is 1. The topological polar surface area (TPSA) is 47.3 Å². The van der Waals surface area contributed by atoms with E-state index < -0.39 is 0 Å². The van der Waals surface area contributed by atoms with E-state index >= 15 is 0 Å². The quantitative estimate of drug-likeness (QED) is 0.655. The molecule has 2 aromatic carbocycles. The van der Waals surface area contributed by atoms with Crippen LogP contribution in [0.3, 0.4) is 0 Å². The second kappa shape index (κ2) is 6.75. The second-order valence-corrected chi connectivity index (χ2v) is 5.21. The zero-order chi connectivity index (χ0) is 14.5. The van der Waals surface area contributed by atoms with Crippen molar-refractivity contribution < 1.29 is 4.74 Å². The van der Waals surface area contributed by atoms with Gasteiger partial charge in [-0.05, 0) is 54.3 Å². The molecule has 4 heteroatoms. The lowest BCUT2D eigenvalue weighted by molar-refractivity contribution is 0.414. The molecule has 20 heavy (non-hydrogen) atoms. The number of benzene rings is 2. The molecule has 1 atom stereocenters. The average molecular weight is 291 g/mol. The first-order chi connectivity index (χ1) is 9.63. The van der Waals surface area contributed by atoms with Gasteiger partial charge in [-0.2, -0.15) is 0 Å². The highest BCUT2D eigenvalue weighted by Gasteiger charge is 2.13. The smallest absolute Gasteiger partial charge is 0.119 e. The number of aryl methyl sites for hydroxylation is 1. The van der Waals surface area contributed by atoms with Crippen LogP contribution < -0.4 is 16.0 Å². The molecule has 0 aliphatic rings. The van der Waals surface area contributed by atoms with E-state index in [9.17, 15) is 0 Å². The van der Waals surface area contributed by atoms with Crippen molar-refractivity contribution in [3.8, 4) is 5.75 Å². The number of ether oxygens (including phenoxy) is 1. The van der Waals surface area contributed by atoms with Crippen LogP contribution in [0.2, 0.25) is 5.02 Å². The van der Waals surface area contributed by atoms with E-state index in [4.69, 9.17) is 22.2 Å². The minimum atomic E-state index is 0.0575. The molecule has 0 aliphatic heterocycles. The average Bonchev–Trinajstić information content (AvgIpc) is 2.47. The van der Waals surface area contributed by atoms with Gasteiger partial charge in [0.15, 0.2) is 0 Å². The van der Waals surface area contributed by atoms with E-state index in [2.05, 4.69) is 18.4 Å². The Labute approximate surface area is 124 Å². The SMILES string of the molecule is COc1ccc(C(Cc2ccc(Cl)cc2)NN)c(C)c1. The predicted octanol–water partition coefficient (Wildman–Crippen LogP) is 3.40. The second-order valence-electron chi connectivity index (χ2n) is 4.77. The summed E-state index contributed by atoms with van der Waals surface area (Å²) >= 11 is 5.90. The maximum atomic E-state index is 5.90. The minimum absolute atomic E-state index is 0.0575. The number of hydrazine groups is 1. The summed E-state index contributed by atoms with van der Waals surface area (Å²) in [6, 6.07) is 13.9. The molecule has 2 aromatic rings. The fourth-order valence-electron chi connectivity index (χ4n) is 2.28. The number of nitrogens with two attached hydrogens (primary N) is 1. The van der Waals surface area contributed by atoms with E-state index in [-0.39, 0.29) is 6.04 Å². The maximum absolute atomic E-state index is 5.90. The van der Waals surface area contributed by atoms with E-state index in [1.807, 2.05) is 36.4 Å². The van der Waals surface area contributed by atoms with Crippen LogP contribution in [0.5, 0.6) is 5.75 Å². The Morgan fingerprint density at radius 2 is 1.90 bits per heavy atom. The van der Waals surface area contributed by atoms with Gasteiger partial charge in [0.05, 0.1) is 13.2 Å². The first-order valence-corrected chi connectivity index (χ1v) is 6.87. The van der Waals surface area contributed by atoms with Gasteiger partial charge in [-0.15, -0.1) is 0 Å². The molecule has 0 spiro atoms. The molecule has 0 saturated carbocycles. The highest BCUT2D eigenvalue weighted by atomic mass is 35.5. The van der Waals surface area contributed by atoms with Crippen molar-refractivity contribution in [3.63, 3.8) is 0 Å². The van der Waals surface area contributed by atoms with E-state index in [0.717, 1.165) is 22.8 Å². The van der Waals surface area contributed by atoms with Gasteiger partial charge in [0.2, 0.25) is 0 Å². The minimum Gasteiger partial charge on any atom is -0.497 e. The van der Waals surface area contributed by atoms with Crippen LogP contribution >= 0.6 is 11.6 Å². The first-order valence-electron chi connectivity index (χ1n) is 6.49. The fourth-order valence-corrected chi connectivity index (χ4v) is 2.41. The standard InChI is InChI=1S/C16H19ClN2O/c1-11-9-14(20-2)7-8-15(11)16(19-18)10-12-3-5-13(17)6-4-12/h3-9,16,19H,10,18H2,1-2H3. The van der Waals surface area contributed by atoms with E-state index in [1.54, 1.807) is 7.11 Å². The number of hydrogen-bond donors (Lipinski definition) is 2. The summed E-state index contributed by atoms with van der Waals surface area (Å²) in [7, 11) is 1.67. The van der Waals surface area contributed by atoms with Crippen LogP contribution in [0, 0.1) is 6.92 Å². The zero-order valence-corrected chi connectivity index (χ0v) is 12.4. The van der Waals surface area contributed by atoms with Crippen molar-refractivity contribution >= 4 is 11.6 Å². The van der Waals surface area contributed by atoms with Crippen LogP contribution in [0.4, 0.5) is 0 Å². The molecular weight excluding hydrogens is 272 g/mol. The van der Waals surface area contributed by atoms with Gasteiger partial charge < -0.3 is 4.74 Å². The van der Waals surface area contributed by atoms with Gasteiger partial charge in [-0.3, -0.25) is 11.3 Å². The fraction of sp³-hybridized carbons (Fsp3) is 0.250. The van der Waals surface area contributed by atoms with E-state index in [0.29, 0.717) is 0 Å². The molecule has 3 nitrogen and oxygen atoms in total. The molecule has 0 fully saturated rings. The molecule has 0 bridgehead atoms. The molecule has 0 saturated heterocycles. The van der Waals surface area contributed by atoms with Crippen LogP contribution in [-0.2, 0) is 6.42 Å². The lowest BCUT2D eigenvalue weighted by atomic mass is 9.95. The molecule has 2 rings (SSSR count). The summed E-state index contributed by atoms with van der Waals surface area (Å²) in [5, 5.41) is 0.742. The maximum Gasteiger partial charge on any atom is 0.119 e. The van der Waals surface area contributed by atoms with Gasteiger partial charge in [0.1, 0.15) is 5.75 Å². The number of rotatable bonds is 5. The van der Waals surface area contributed by atoms with Gasteiger partial charge in [0.25, 0.3) is 0 Å². The summed E-state index contributed by atoms with van der Waals surface area (Å²) in [6.07, 6.45) is 0.806. The molecule has 0 aromatic heterocycles. The van der Waals surface area contributed by atoms with Crippen molar-refractivity contribution in [2.24, 2.45) is 5.84 Å². The number of hydrogen-bond acceptors (Lipinski definition) is 3. The molecule has 106 valence electrons. The van der Waals surface area contributed by atoms with Crippen LogP contribution in [0.15, 0.2) is 42.5 Å². The summed E-state index contributed by atoms with van der Waals surface area (Å²) in [5.74, 6) is 6.57. The van der Waals surface area contributed by atoms with Gasteiger partial charge in [-0.1, -0.05) is 29.8 Å². The summed E-state index contributed by atoms with van der Waals surface area (Å²) < 4.78 is 5.23. The Kier molecular flexibility index (Phi) is 5.01. The molecule has 3 N–H and O–H groups in total. The van der Waals surface area contributed by atoms with Crippen LogP contribution in [-0.4, -0.2) is 7.11 Å². The highest BCUT2D eigenvalue weighted by molar-refractivity contribution is 6.30.